The Balaban J connectivity index is 1.93. The summed E-state index contributed by atoms with van der Waals surface area (Å²) in [7, 11) is 0. The van der Waals surface area contributed by atoms with Gasteiger partial charge in [-0.05, 0) is 12.1 Å². The molecule has 8 heteroatoms. The third-order valence-corrected chi connectivity index (χ3v) is 2.61. The topological polar surface area (TPSA) is 72.7 Å². The maximum Gasteiger partial charge on any atom is 0.254 e. The smallest absolute Gasteiger partial charge is 0.254 e. The Hall–Kier alpha value is -1.66. The molecule has 1 amide bonds. The van der Waals surface area contributed by atoms with Gasteiger partial charge in [-0.1, -0.05) is 23.2 Å². The van der Waals surface area contributed by atoms with E-state index in [1.165, 1.54) is 6.07 Å². The minimum absolute atomic E-state index is 0.0241. The first-order valence-corrected chi connectivity index (χ1v) is 5.87. The highest BCUT2D eigenvalue weighted by Gasteiger charge is 2.12. The van der Waals surface area contributed by atoms with Crippen molar-refractivity contribution < 1.29 is 4.79 Å². The van der Waals surface area contributed by atoms with Crippen LogP contribution in [0.4, 0.5) is 0 Å². The van der Waals surface area contributed by atoms with Gasteiger partial charge < -0.3 is 5.32 Å². The van der Waals surface area contributed by atoms with Crippen molar-refractivity contribution in [1.82, 2.24) is 25.3 Å². The van der Waals surface area contributed by atoms with Gasteiger partial charge in [-0.3, -0.25) is 9.48 Å². The van der Waals surface area contributed by atoms with Gasteiger partial charge in [0.05, 0.1) is 12.1 Å². The first-order chi connectivity index (χ1) is 8.66. The normalized spacial score (nSPS) is 10.3. The van der Waals surface area contributed by atoms with Crippen molar-refractivity contribution in [2.75, 3.05) is 6.54 Å². The summed E-state index contributed by atoms with van der Waals surface area (Å²) in [5.74, 6) is -0.344. The first-order valence-electron chi connectivity index (χ1n) is 5.11. The minimum Gasteiger partial charge on any atom is -0.350 e. The fourth-order valence-electron chi connectivity index (χ4n) is 1.32. The lowest BCUT2D eigenvalue weighted by Crippen LogP contribution is -2.27. The Bertz CT molecular complexity index is 543. The number of amides is 1. The molecule has 0 aliphatic carbocycles. The molecule has 0 aliphatic heterocycles. The largest absolute Gasteiger partial charge is 0.350 e. The number of aromatic nitrogens is 4. The van der Waals surface area contributed by atoms with Crippen LogP contribution in [0, 0.1) is 0 Å². The van der Waals surface area contributed by atoms with E-state index < -0.39 is 0 Å². The van der Waals surface area contributed by atoms with Crippen LogP contribution in [0.15, 0.2) is 24.5 Å². The summed E-state index contributed by atoms with van der Waals surface area (Å²) >= 11 is 11.4. The zero-order valence-corrected chi connectivity index (χ0v) is 10.7. The van der Waals surface area contributed by atoms with E-state index in [2.05, 4.69) is 20.6 Å². The summed E-state index contributed by atoms with van der Waals surface area (Å²) in [6, 6.07) is 3.19. The summed E-state index contributed by atoms with van der Waals surface area (Å²) in [5, 5.41) is 13.9. The summed E-state index contributed by atoms with van der Waals surface area (Å²) in [5.41, 5.74) is 0.206. The lowest BCUT2D eigenvalue weighted by Gasteiger charge is -2.06. The molecule has 0 saturated carbocycles. The Kier molecular flexibility index (Phi) is 4.11. The van der Waals surface area contributed by atoms with Crippen molar-refractivity contribution in [1.29, 1.82) is 0 Å². The summed E-state index contributed by atoms with van der Waals surface area (Å²) in [4.78, 5) is 11.8. The maximum absolute atomic E-state index is 11.8. The average molecular weight is 286 g/mol. The maximum atomic E-state index is 11.8. The molecular formula is C10H9Cl2N5O. The van der Waals surface area contributed by atoms with Crippen LogP contribution >= 0.6 is 23.2 Å². The van der Waals surface area contributed by atoms with Crippen LogP contribution in [0.2, 0.25) is 10.3 Å². The molecule has 0 fully saturated rings. The van der Waals surface area contributed by atoms with Crippen molar-refractivity contribution in [2.24, 2.45) is 0 Å². The van der Waals surface area contributed by atoms with Gasteiger partial charge in [-0.25, -0.2) is 0 Å². The highest BCUT2D eigenvalue weighted by molar-refractivity contribution is 6.34. The lowest BCUT2D eigenvalue weighted by molar-refractivity contribution is 0.0951. The Labute approximate surface area is 113 Å². The Morgan fingerprint density at radius 3 is 2.94 bits per heavy atom. The molecule has 0 bridgehead atoms. The molecule has 0 saturated heterocycles. The van der Waals surface area contributed by atoms with Gasteiger partial charge in [0.1, 0.15) is 0 Å². The molecule has 0 aliphatic rings. The molecule has 0 unspecified atom stereocenters. The SMILES string of the molecule is O=C(NCCn1cccn1)c1cc(Cl)nnc1Cl. The Morgan fingerprint density at radius 1 is 1.39 bits per heavy atom. The molecule has 2 aromatic rings. The van der Waals surface area contributed by atoms with E-state index in [4.69, 9.17) is 23.2 Å². The van der Waals surface area contributed by atoms with Crippen molar-refractivity contribution >= 4 is 29.1 Å². The van der Waals surface area contributed by atoms with E-state index in [1.54, 1.807) is 10.9 Å². The molecule has 2 heterocycles. The molecular weight excluding hydrogens is 277 g/mol. The Morgan fingerprint density at radius 2 is 2.22 bits per heavy atom. The second-order valence-corrected chi connectivity index (χ2v) is 4.14. The van der Waals surface area contributed by atoms with Crippen molar-refractivity contribution in [3.63, 3.8) is 0 Å². The fourth-order valence-corrected chi connectivity index (χ4v) is 1.65. The lowest BCUT2D eigenvalue weighted by atomic mass is 10.3. The van der Waals surface area contributed by atoms with Crippen LogP contribution in [-0.4, -0.2) is 32.4 Å². The van der Waals surface area contributed by atoms with Crippen LogP contribution in [0.3, 0.4) is 0 Å². The van der Waals surface area contributed by atoms with Gasteiger partial charge in [0.2, 0.25) is 0 Å². The molecule has 0 spiro atoms. The second-order valence-electron chi connectivity index (χ2n) is 3.40. The van der Waals surface area contributed by atoms with Gasteiger partial charge in [0.25, 0.3) is 5.91 Å². The van der Waals surface area contributed by atoms with Gasteiger partial charge in [0, 0.05) is 18.9 Å². The van der Waals surface area contributed by atoms with Gasteiger partial charge in [-0.15, -0.1) is 10.2 Å². The van der Waals surface area contributed by atoms with E-state index in [0.717, 1.165) is 0 Å². The van der Waals surface area contributed by atoms with Crippen LogP contribution in [0.5, 0.6) is 0 Å². The van der Waals surface area contributed by atoms with Crippen LogP contribution in [0.1, 0.15) is 10.4 Å². The zero-order valence-electron chi connectivity index (χ0n) is 9.18. The number of hydrogen-bond donors (Lipinski definition) is 1. The van der Waals surface area contributed by atoms with Crippen molar-refractivity contribution in [2.45, 2.75) is 6.54 Å². The molecule has 2 aromatic heterocycles. The van der Waals surface area contributed by atoms with Crippen LogP contribution < -0.4 is 5.32 Å². The number of nitrogens with one attached hydrogen (secondary N) is 1. The quantitative estimate of drug-likeness (QED) is 0.922. The number of hydrogen-bond acceptors (Lipinski definition) is 4. The number of rotatable bonds is 4. The first kappa shape index (κ1) is 12.8. The molecule has 1 N–H and O–H groups in total. The van der Waals surface area contributed by atoms with Crippen LogP contribution in [-0.2, 0) is 6.54 Å². The predicted molar refractivity (Wildman–Crippen MR) is 66.6 cm³/mol. The number of nitrogens with zero attached hydrogens (tertiary/aromatic N) is 4. The third kappa shape index (κ3) is 3.18. The van der Waals surface area contributed by atoms with E-state index in [0.29, 0.717) is 13.1 Å². The molecule has 2 rings (SSSR count). The highest BCUT2D eigenvalue weighted by Crippen LogP contribution is 2.14. The highest BCUT2D eigenvalue weighted by atomic mass is 35.5. The second kappa shape index (κ2) is 5.79. The van der Waals surface area contributed by atoms with E-state index >= 15 is 0 Å². The van der Waals surface area contributed by atoms with Crippen molar-refractivity contribution in [3.05, 3.63) is 40.4 Å². The third-order valence-electron chi connectivity index (χ3n) is 2.15. The molecule has 0 atom stereocenters. The van der Waals surface area contributed by atoms with Crippen molar-refractivity contribution in [3.8, 4) is 0 Å². The molecule has 0 aromatic carbocycles. The summed E-state index contributed by atoms with van der Waals surface area (Å²) < 4.78 is 1.71. The molecule has 6 nitrogen and oxygen atoms in total. The number of carbonyl (C=O) groups excluding carboxylic acids is 1. The number of carbonyl (C=O) groups is 1. The minimum atomic E-state index is -0.344. The zero-order chi connectivity index (χ0) is 13.0. The average Bonchev–Trinajstić information content (AvgIpc) is 2.85. The molecule has 0 radical (unpaired) electrons. The van der Waals surface area contributed by atoms with E-state index in [1.807, 2.05) is 12.3 Å². The van der Waals surface area contributed by atoms with Gasteiger partial charge in [-0.2, -0.15) is 5.10 Å². The van der Waals surface area contributed by atoms with E-state index in [9.17, 15) is 4.79 Å². The van der Waals surface area contributed by atoms with Gasteiger partial charge >= 0.3 is 0 Å². The molecule has 18 heavy (non-hydrogen) atoms. The standard InChI is InChI=1S/C10H9Cl2N5O/c11-8-6-7(9(12)16-15-8)10(18)13-3-5-17-4-1-2-14-17/h1-2,4,6H,3,5H2,(H,13,18). The molecule has 94 valence electrons. The predicted octanol–water partition coefficient (Wildman–Crippen LogP) is 1.41. The fraction of sp³-hybridized carbons (Fsp3) is 0.200. The number of halogens is 2. The monoisotopic (exact) mass is 285 g/mol. The van der Waals surface area contributed by atoms with E-state index in [-0.39, 0.29) is 21.8 Å². The summed E-state index contributed by atoms with van der Waals surface area (Å²) in [6.07, 6.45) is 3.48. The summed E-state index contributed by atoms with van der Waals surface area (Å²) in [6.45, 7) is 0.999. The van der Waals surface area contributed by atoms with Crippen LogP contribution in [0.25, 0.3) is 0 Å². The van der Waals surface area contributed by atoms with Gasteiger partial charge in [0.15, 0.2) is 10.3 Å².